The van der Waals surface area contributed by atoms with E-state index >= 15 is 0 Å². The highest BCUT2D eigenvalue weighted by atomic mass is 32.1. The molecule has 3 N–H and O–H groups in total. The Balaban J connectivity index is 0.755. The number of imide groups is 1. The van der Waals surface area contributed by atoms with Crippen LogP contribution in [0.3, 0.4) is 0 Å². The van der Waals surface area contributed by atoms with Crippen molar-refractivity contribution in [1.29, 1.82) is 0 Å². The number of likely N-dealkylation sites (tertiary alicyclic amines) is 1. The minimum Gasteiger partial charge on any atom is -0.381 e. The lowest BCUT2D eigenvalue weighted by Gasteiger charge is -2.38. The average molecular weight is 743 g/mol. The van der Waals surface area contributed by atoms with Gasteiger partial charge in [-0.15, -0.1) is 11.3 Å². The Morgan fingerprint density at radius 1 is 0.833 bits per heavy atom. The van der Waals surface area contributed by atoms with Crippen LogP contribution >= 0.6 is 11.3 Å². The van der Waals surface area contributed by atoms with E-state index in [1.54, 1.807) is 0 Å². The van der Waals surface area contributed by atoms with Crippen LogP contribution in [0.4, 0.5) is 11.4 Å². The zero-order chi connectivity index (χ0) is 36.8. The third-order valence-electron chi connectivity index (χ3n) is 11.8. The summed E-state index contributed by atoms with van der Waals surface area (Å²) in [6.45, 7) is 11.2. The third-order valence-corrected chi connectivity index (χ3v) is 12.9. The number of nitrogens with one attached hydrogen (secondary N) is 3. The van der Waals surface area contributed by atoms with Crippen LogP contribution in [0.2, 0.25) is 0 Å². The predicted molar refractivity (Wildman–Crippen MR) is 214 cm³/mol. The molecule has 12 heteroatoms. The molecule has 1 unspecified atom stereocenters. The Morgan fingerprint density at radius 3 is 2.35 bits per heavy atom. The van der Waals surface area contributed by atoms with Crippen molar-refractivity contribution in [3.8, 4) is 11.3 Å². The van der Waals surface area contributed by atoms with E-state index in [0.717, 1.165) is 114 Å². The number of pyridine rings is 2. The van der Waals surface area contributed by atoms with Crippen LogP contribution in [0.15, 0.2) is 66.9 Å². The summed E-state index contributed by atoms with van der Waals surface area (Å²) < 4.78 is 1.09. The molecule has 3 fully saturated rings. The fourth-order valence-electron chi connectivity index (χ4n) is 8.58. The summed E-state index contributed by atoms with van der Waals surface area (Å²) in [4.78, 5) is 54.9. The minimum atomic E-state index is -0.236. The van der Waals surface area contributed by atoms with Crippen molar-refractivity contribution in [3.05, 3.63) is 83.0 Å². The molecular weight excluding hydrogens is 697 g/mol. The first kappa shape index (κ1) is 34.8. The zero-order valence-electron chi connectivity index (χ0n) is 30.6. The number of hydrogen-bond acceptors (Lipinski definition) is 10. The molecule has 54 heavy (non-hydrogen) atoms. The van der Waals surface area contributed by atoms with Gasteiger partial charge in [0.25, 0.3) is 5.91 Å². The highest BCUT2D eigenvalue weighted by Gasteiger charge is 2.29. The first-order chi connectivity index (χ1) is 26.4. The number of anilines is 2. The number of rotatable bonds is 7. The molecule has 3 saturated heterocycles. The third kappa shape index (κ3) is 6.94. The van der Waals surface area contributed by atoms with Crippen LogP contribution in [0.5, 0.6) is 0 Å². The number of thiophene rings is 1. The normalized spacial score (nSPS) is 21.8. The lowest BCUT2D eigenvalue weighted by atomic mass is 9.90. The van der Waals surface area contributed by atoms with Gasteiger partial charge in [-0.1, -0.05) is 12.1 Å². The van der Waals surface area contributed by atoms with E-state index in [9.17, 15) is 14.4 Å². The van der Waals surface area contributed by atoms with Crippen molar-refractivity contribution in [3.63, 3.8) is 0 Å². The van der Waals surface area contributed by atoms with E-state index in [1.165, 1.54) is 22.7 Å². The van der Waals surface area contributed by atoms with Crippen molar-refractivity contribution < 1.29 is 14.4 Å². The van der Waals surface area contributed by atoms with E-state index in [0.29, 0.717) is 25.3 Å². The summed E-state index contributed by atoms with van der Waals surface area (Å²) in [5.41, 5.74) is 7.09. The second-order valence-corrected chi connectivity index (χ2v) is 16.3. The van der Waals surface area contributed by atoms with Crippen LogP contribution in [0.1, 0.15) is 65.4 Å². The molecule has 11 nitrogen and oxygen atoms in total. The monoisotopic (exact) mass is 742 g/mol. The highest BCUT2D eigenvalue weighted by molar-refractivity contribution is 7.21. The Labute approximate surface area is 319 Å². The van der Waals surface area contributed by atoms with Crippen LogP contribution < -0.4 is 20.9 Å². The molecule has 4 aliphatic heterocycles. The first-order valence-electron chi connectivity index (χ1n) is 19.4. The van der Waals surface area contributed by atoms with Gasteiger partial charge in [0.1, 0.15) is 4.88 Å². The number of carbonyl (C=O) groups is 3. The largest absolute Gasteiger partial charge is 0.381 e. The van der Waals surface area contributed by atoms with Crippen molar-refractivity contribution in [1.82, 2.24) is 30.4 Å². The van der Waals surface area contributed by atoms with Crippen LogP contribution in [-0.4, -0.2) is 102 Å². The summed E-state index contributed by atoms with van der Waals surface area (Å²) in [5.74, 6) is -0.133. The second-order valence-electron chi connectivity index (χ2n) is 15.3. The molecule has 278 valence electrons. The number of benzene rings is 2. The van der Waals surface area contributed by atoms with Crippen molar-refractivity contribution in [2.75, 3.05) is 69.1 Å². The zero-order valence-corrected chi connectivity index (χ0v) is 31.5. The van der Waals surface area contributed by atoms with Gasteiger partial charge in [0.05, 0.1) is 22.8 Å². The fourth-order valence-corrected chi connectivity index (χ4v) is 9.68. The van der Waals surface area contributed by atoms with Crippen LogP contribution in [0, 0.1) is 0 Å². The summed E-state index contributed by atoms with van der Waals surface area (Å²) in [6, 6.07) is 21.1. The maximum atomic E-state index is 12.8. The summed E-state index contributed by atoms with van der Waals surface area (Å²) in [7, 11) is 0. The number of hydrogen-bond donors (Lipinski definition) is 3. The van der Waals surface area contributed by atoms with Crippen molar-refractivity contribution >= 4 is 61.4 Å². The van der Waals surface area contributed by atoms with Gasteiger partial charge < -0.3 is 20.4 Å². The lowest BCUT2D eigenvalue weighted by Crippen LogP contribution is -2.49. The molecule has 3 amide bonds. The molecule has 4 aliphatic rings. The number of piperazine rings is 1. The maximum Gasteiger partial charge on any atom is 0.263 e. The molecule has 9 rings (SSSR count). The Bertz CT molecular complexity index is 2210. The van der Waals surface area contributed by atoms with Crippen molar-refractivity contribution in [2.24, 2.45) is 0 Å². The van der Waals surface area contributed by atoms with E-state index in [2.05, 4.69) is 79.2 Å². The van der Waals surface area contributed by atoms with Crippen LogP contribution in [0.25, 0.3) is 32.2 Å². The molecule has 5 aromatic rings. The van der Waals surface area contributed by atoms with Crippen LogP contribution in [-0.2, 0) is 9.59 Å². The quantitative estimate of drug-likeness (QED) is 0.184. The van der Waals surface area contributed by atoms with Gasteiger partial charge in [-0.25, -0.2) is 4.98 Å². The number of piperidine rings is 2. The van der Waals surface area contributed by atoms with Gasteiger partial charge in [-0.05, 0) is 93.4 Å². The van der Waals surface area contributed by atoms with Gasteiger partial charge in [-0.2, -0.15) is 0 Å². The number of amides is 3. The smallest absolute Gasteiger partial charge is 0.263 e. The molecule has 2 aromatic carbocycles. The van der Waals surface area contributed by atoms with E-state index < -0.39 is 0 Å². The number of nitrogens with zero attached hydrogens (tertiary/aromatic N) is 5. The topological polar surface area (TPSA) is 123 Å². The van der Waals surface area contributed by atoms with Gasteiger partial charge in [0.2, 0.25) is 11.8 Å². The molecular formula is C42H46N8O3S. The Hall–Kier alpha value is -4.91. The number of aromatic nitrogens is 2. The van der Waals surface area contributed by atoms with E-state index in [-0.39, 0.29) is 29.7 Å². The molecule has 0 bridgehead atoms. The maximum absolute atomic E-state index is 12.8. The second kappa shape index (κ2) is 14.7. The predicted octanol–water partition coefficient (Wildman–Crippen LogP) is 5.58. The lowest BCUT2D eigenvalue weighted by molar-refractivity contribution is -0.134. The number of fused-ring (bicyclic) bond motifs is 5. The molecule has 0 spiro atoms. The van der Waals surface area contributed by atoms with Crippen molar-refractivity contribution in [2.45, 2.75) is 50.5 Å². The molecule has 7 heterocycles. The Morgan fingerprint density at radius 2 is 1.61 bits per heavy atom. The highest BCUT2D eigenvalue weighted by Crippen LogP contribution is 2.41. The SMILES string of the molecule is C[C@@H]1CNc2c(sc3ccc4nc(-c5ccc(C6CCN(CCN7CCN(c8ccc(C9CCC(=O)NC9=O)cc8)CC7)CC6)nc5)ccc4c23)C(=O)N1. The Kier molecular flexibility index (Phi) is 9.50. The summed E-state index contributed by atoms with van der Waals surface area (Å²) in [6.07, 6.45) is 5.20. The molecule has 2 atom stereocenters. The molecule has 0 aliphatic carbocycles. The average Bonchev–Trinajstić information content (AvgIpc) is 3.52. The fraction of sp³-hybridized carbons (Fsp3) is 0.405. The van der Waals surface area contributed by atoms with Gasteiger partial charge in [-0.3, -0.25) is 29.6 Å². The minimum absolute atomic E-state index is 0.0146. The molecule has 0 radical (unpaired) electrons. The van der Waals surface area contributed by atoms with Gasteiger partial charge in [0.15, 0.2) is 0 Å². The van der Waals surface area contributed by atoms with Gasteiger partial charge >= 0.3 is 0 Å². The number of carbonyl (C=O) groups excluding carboxylic acids is 3. The van der Waals surface area contributed by atoms with E-state index in [1.807, 2.05) is 25.3 Å². The van der Waals surface area contributed by atoms with E-state index in [4.69, 9.17) is 9.97 Å². The summed E-state index contributed by atoms with van der Waals surface area (Å²) in [5, 5.41) is 11.2. The first-order valence-corrected chi connectivity index (χ1v) is 20.2. The summed E-state index contributed by atoms with van der Waals surface area (Å²) >= 11 is 1.53. The molecule has 0 saturated carbocycles. The standard InChI is InChI=1S/C42H46N8O3S/c1-26-24-44-39-38-32-7-10-34(46-35(32)11-12-36(38)54-40(39)42(53)45-26)29-4-9-33(43-25-29)28-14-16-48(17-15-28)18-19-49-20-22-50(23-21-49)30-5-2-27(3-6-30)31-8-13-37(51)47-41(31)52/h2-7,9-12,25-26,28,31,44H,8,13-24H2,1H3,(H,45,53)(H,47,51,52)/t26-,31?/m1/s1. The van der Waals surface area contributed by atoms with Gasteiger partial charge in [0, 0.05) is 103 Å². The molecule has 3 aromatic heterocycles.